The van der Waals surface area contributed by atoms with Gasteiger partial charge in [-0.25, -0.2) is 0 Å². The highest BCUT2D eigenvalue weighted by Crippen LogP contribution is 2.23. The first-order valence-electron chi connectivity index (χ1n) is 6.48. The number of nitrogens with one attached hydrogen (secondary N) is 1. The molecule has 1 unspecified atom stereocenters. The van der Waals surface area contributed by atoms with Crippen LogP contribution in [0.5, 0.6) is 0 Å². The highest BCUT2D eigenvalue weighted by Gasteiger charge is 2.15. The highest BCUT2D eigenvalue weighted by molar-refractivity contribution is 7.99. The first-order chi connectivity index (χ1) is 8.77. The number of benzene rings is 1. The molecule has 1 aliphatic rings. The van der Waals surface area contributed by atoms with E-state index in [1.54, 1.807) is 0 Å². The molecule has 2 rings (SSSR count). The largest absolute Gasteiger partial charge is 0.387 e. The zero-order valence-corrected chi connectivity index (χ0v) is 12.0. The molecule has 18 heavy (non-hydrogen) atoms. The summed E-state index contributed by atoms with van der Waals surface area (Å²) in [5.41, 5.74) is 0.811. The smallest absolute Gasteiger partial charge is 0.0928 e. The molecular weight excluding hydrogens is 266 g/mol. The van der Waals surface area contributed by atoms with E-state index in [2.05, 4.69) is 5.32 Å². The molecule has 0 spiro atoms. The number of rotatable bonds is 5. The van der Waals surface area contributed by atoms with Crippen LogP contribution >= 0.6 is 23.4 Å². The number of halogens is 1. The van der Waals surface area contributed by atoms with Crippen molar-refractivity contribution in [1.82, 2.24) is 5.32 Å². The van der Waals surface area contributed by atoms with Crippen molar-refractivity contribution in [2.75, 3.05) is 24.6 Å². The predicted octanol–water partition coefficient (Wildman–Crippen LogP) is 3.11. The van der Waals surface area contributed by atoms with Crippen molar-refractivity contribution in [3.8, 4) is 0 Å². The Kier molecular flexibility index (Phi) is 5.83. The topological polar surface area (TPSA) is 32.3 Å². The average molecular weight is 286 g/mol. The molecular formula is C14H20ClNOS. The van der Waals surface area contributed by atoms with E-state index >= 15 is 0 Å². The Hall–Kier alpha value is -0.220. The Bertz CT molecular complexity index is 369. The van der Waals surface area contributed by atoms with Crippen LogP contribution in [0.15, 0.2) is 24.3 Å². The van der Waals surface area contributed by atoms with Crippen molar-refractivity contribution >= 4 is 23.4 Å². The lowest BCUT2D eigenvalue weighted by molar-refractivity contribution is 0.172. The lowest BCUT2D eigenvalue weighted by atomic mass is 10.0. The van der Waals surface area contributed by atoms with Crippen LogP contribution in [0.25, 0.3) is 0 Å². The summed E-state index contributed by atoms with van der Waals surface area (Å²) in [5, 5.41) is 14.1. The van der Waals surface area contributed by atoms with Crippen molar-refractivity contribution in [3.63, 3.8) is 0 Å². The van der Waals surface area contributed by atoms with Crippen LogP contribution in [-0.4, -0.2) is 29.7 Å². The zero-order valence-electron chi connectivity index (χ0n) is 10.4. The number of hydrogen-bond donors (Lipinski definition) is 2. The molecule has 1 fully saturated rings. The van der Waals surface area contributed by atoms with Gasteiger partial charge in [0.1, 0.15) is 0 Å². The summed E-state index contributed by atoms with van der Waals surface area (Å²) < 4.78 is 0. The van der Waals surface area contributed by atoms with E-state index in [1.165, 1.54) is 24.3 Å². The molecule has 0 aromatic heterocycles. The molecule has 0 saturated carbocycles. The summed E-state index contributed by atoms with van der Waals surface area (Å²) in [6.07, 6.45) is 2.07. The number of aliphatic hydroxyl groups excluding tert-OH is 1. The quantitative estimate of drug-likeness (QED) is 0.872. The Balaban J connectivity index is 1.74. The fourth-order valence-electron chi connectivity index (χ4n) is 2.23. The highest BCUT2D eigenvalue weighted by atomic mass is 35.5. The van der Waals surface area contributed by atoms with Crippen molar-refractivity contribution in [2.24, 2.45) is 5.92 Å². The summed E-state index contributed by atoms with van der Waals surface area (Å²) >= 11 is 8.10. The normalized spacial score (nSPS) is 18.8. The van der Waals surface area contributed by atoms with Gasteiger partial charge in [-0.3, -0.25) is 0 Å². The van der Waals surface area contributed by atoms with Gasteiger partial charge in [0.25, 0.3) is 0 Å². The van der Waals surface area contributed by atoms with E-state index in [0.717, 1.165) is 18.0 Å². The number of thioether (sulfide) groups is 1. The van der Waals surface area contributed by atoms with Gasteiger partial charge in [0, 0.05) is 17.1 Å². The fraction of sp³-hybridized carbons (Fsp3) is 0.571. The lowest BCUT2D eigenvalue weighted by Crippen LogP contribution is -2.29. The average Bonchev–Trinajstić information content (AvgIpc) is 2.40. The summed E-state index contributed by atoms with van der Waals surface area (Å²) in [6, 6.07) is 7.48. The molecule has 1 heterocycles. The molecule has 0 radical (unpaired) electrons. The van der Waals surface area contributed by atoms with Gasteiger partial charge in [0.15, 0.2) is 0 Å². The molecule has 1 atom stereocenters. The third kappa shape index (κ3) is 4.16. The fourth-order valence-corrected chi connectivity index (χ4v) is 3.70. The second-order valence-electron chi connectivity index (χ2n) is 4.75. The van der Waals surface area contributed by atoms with E-state index in [-0.39, 0.29) is 0 Å². The van der Waals surface area contributed by atoms with Gasteiger partial charge in [0.2, 0.25) is 0 Å². The molecule has 0 bridgehead atoms. The molecule has 0 amide bonds. The van der Waals surface area contributed by atoms with Crippen molar-refractivity contribution < 1.29 is 5.11 Å². The summed E-state index contributed by atoms with van der Waals surface area (Å²) in [5.74, 6) is 3.32. The van der Waals surface area contributed by atoms with E-state index in [9.17, 15) is 5.11 Å². The molecule has 2 nitrogen and oxygen atoms in total. The SMILES string of the molecule is OC(CNCC1CCSCC1)c1ccccc1Cl. The zero-order chi connectivity index (χ0) is 12.8. The molecule has 1 aromatic carbocycles. The van der Waals surface area contributed by atoms with Gasteiger partial charge in [-0.2, -0.15) is 11.8 Å². The third-order valence-corrected chi connectivity index (χ3v) is 4.77. The molecule has 1 aliphatic heterocycles. The van der Waals surface area contributed by atoms with Gasteiger partial charge >= 0.3 is 0 Å². The van der Waals surface area contributed by atoms with Crippen molar-refractivity contribution in [2.45, 2.75) is 18.9 Å². The van der Waals surface area contributed by atoms with Gasteiger partial charge in [0.05, 0.1) is 6.10 Å². The Labute approximate surface area is 118 Å². The molecule has 100 valence electrons. The van der Waals surface area contributed by atoms with Crippen LogP contribution in [0.3, 0.4) is 0 Å². The Morgan fingerprint density at radius 1 is 1.33 bits per heavy atom. The van der Waals surface area contributed by atoms with Crippen molar-refractivity contribution in [1.29, 1.82) is 0 Å². The number of hydrogen-bond acceptors (Lipinski definition) is 3. The molecule has 4 heteroatoms. The van der Waals surface area contributed by atoms with Crippen LogP contribution in [0, 0.1) is 5.92 Å². The molecule has 1 aromatic rings. The predicted molar refractivity (Wildman–Crippen MR) is 79.3 cm³/mol. The minimum absolute atomic E-state index is 0.517. The second-order valence-corrected chi connectivity index (χ2v) is 6.38. The van der Waals surface area contributed by atoms with Gasteiger partial charge in [-0.05, 0) is 42.9 Å². The summed E-state index contributed by atoms with van der Waals surface area (Å²) in [6.45, 7) is 1.58. The van der Waals surface area contributed by atoms with Gasteiger partial charge in [-0.15, -0.1) is 0 Å². The van der Waals surface area contributed by atoms with E-state index < -0.39 is 6.10 Å². The van der Waals surface area contributed by atoms with E-state index in [1.807, 2.05) is 36.0 Å². The van der Waals surface area contributed by atoms with Crippen LogP contribution in [0.2, 0.25) is 5.02 Å². The molecule has 0 aliphatic carbocycles. The van der Waals surface area contributed by atoms with Crippen LogP contribution in [0.1, 0.15) is 24.5 Å². The van der Waals surface area contributed by atoms with Crippen LogP contribution in [0.4, 0.5) is 0 Å². The maximum Gasteiger partial charge on any atom is 0.0928 e. The monoisotopic (exact) mass is 285 g/mol. The second kappa shape index (κ2) is 7.39. The Morgan fingerprint density at radius 3 is 2.78 bits per heavy atom. The van der Waals surface area contributed by atoms with Crippen molar-refractivity contribution in [3.05, 3.63) is 34.9 Å². The maximum absolute atomic E-state index is 10.1. The lowest BCUT2D eigenvalue weighted by Gasteiger charge is -2.22. The first-order valence-corrected chi connectivity index (χ1v) is 8.01. The third-order valence-electron chi connectivity index (χ3n) is 3.38. The maximum atomic E-state index is 10.1. The molecule has 2 N–H and O–H groups in total. The summed E-state index contributed by atoms with van der Waals surface area (Å²) in [7, 11) is 0. The Morgan fingerprint density at radius 2 is 2.06 bits per heavy atom. The minimum atomic E-state index is -0.517. The minimum Gasteiger partial charge on any atom is -0.387 e. The van der Waals surface area contributed by atoms with Crippen LogP contribution in [-0.2, 0) is 0 Å². The number of aliphatic hydroxyl groups is 1. The molecule has 1 saturated heterocycles. The van der Waals surface area contributed by atoms with Gasteiger partial charge in [-0.1, -0.05) is 29.8 Å². The van der Waals surface area contributed by atoms with E-state index in [4.69, 9.17) is 11.6 Å². The van der Waals surface area contributed by atoms with Gasteiger partial charge < -0.3 is 10.4 Å². The first kappa shape index (κ1) is 14.2. The van der Waals surface area contributed by atoms with E-state index in [0.29, 0.717) is 11.6 Å². The standard InChI is InChI=1S/C14H20ClNOS/c15-13-4-2-1-3-12(13)14(17)10-16-9-11-5-7-18-8-6-11/h1-4,11,14,16-17H,5-10H2. The van der Waals surface area contributed by atoms with Crippen LogP contribution < -0.4 is 5.32 Å². The summed E-state index contributed by atoms with van der Waals surface area (Å²) in [4.78, 5) is 0.